The fourth-order valence-electron chi connectivity index (χ4n) is 1.99. The van der Waals surface area contributed by atoms with Gasteiger partial charge in [-0.2, -0.15) is 0 Å². The van der Waals surface area contributed by atoms with Crippen molar-refractivity contribution in [3.8, 4) is 0 Å². The lowest BCUT2D eigenvalue weighted by molar-refractivity contribution is 0.102. The molecule has 1 aromatic carbocycles. The highest BCUT2D eigenvalue weighted by Crippen LogP contribution is 2.24. The van der Waals surface area contributed by atoms with Crippen LogP contribution in [0, 0.1) is 6.92 Å². The first-order chi connectivity index (χ1) is 11.5. The highest BCUT2D eigenvalue weighted by atomic mass is 35.5. The van der Waals surface area contributed by atoms with Crippen molar-refractivity contribution < 1.29 is 9.32 Å². The average Bonchev–Trinajstić information content (AvgIpc) is 2.92. The number of halogens is 2. The van der Waals surface area contributed by atoms with Crippen molar-refractivity contribution in [2.45, 2.75) is 6.92 Å². The third-order valence-electron chi connectivity index (χ3n) is 3.03. The van der Waals surface area contributed by atoms with Crippen molar-refractivity contribution >= 4 is 46.4 Å². The predicted octanol–water partition coefficient (Wildman–Crippen LogP) is 4.68. The first-order valence-electron chi connectivity index (χ1n) is 6.93. The largest absolute Gasteiger partial charge is 0.360 e. The van der Waals surface area contributed by atoms with Crippen LogP contribution in [0.15, 0.2) is 47.1 Å². The molecule has 0 radical (unpaired) electrons. The lowest BCUT2D eigenvalue weighted by atomic mass is 10.2. The Labute approximate surface area is 147 Å². The summed E-state index contributed by atoms with van der Waals surface area (Å²) in [4.78, 5) is 16.3. The quantitative estimate of drug-likeness (QED) is 0.704. The summed E-state index contributed by atoms with van der Waals surface area (Å²) in [7, 11) is 0. The summed E-state index contributed by atoms with van der Waals surface area (Å²) in [5, 5.41) is 10.4. The van der Waals surface area contributed by atoms with E-state index in [0.717, 1.165) is 0 Å². The van der Waals surface area contributed by atoms with Crippen LogP contribution in [0.3, 0.4) is 0 Å². The van der Waals surface area contributed by atoms with Crippen LogP contribution in [0.25, 0.3) is 0 Å². The zero-order valence-electron chi connectivity index (χ0n) is 12.5. The second kappa shape index (κ2) is 6.90. The Balaban J connectivity index is 1.69. The Morgan fingerprint density at radius 3 is 2.42 bits per heavy atom. The number of rotatable bonds is 4. The molecular formula is C16H12Cl2N4O2. The third kappa shape index (κ3) is 4.04. The maximum atomic E-state index is 12.1. The molecule has 0 saturated carbocycles. The van der Waals surface area contributed by atoms with Crippen LogP contribution in [0.1, 0.15) is 16.1 Å². The van der Waals surface area contributed by atoms with Gasteiger partial charge in [0.25, 0.3) is 5.91 Å². The number of nitrogens with zero attached hydrogens (tertiary/aromatic N) is 2. The number of nitrogens with one attached hydrogen (secondary N) is 2. The van der Waals surface area contributed by atoms with Crippen molar-refractivity contribution in [2.24, 2.45) is 0 Å². The molecule has 0 aliphatic heterocycles. The van der Waals surface area contributed by atoms with Gasteiger partial charge in [-0.1, -0.05) is 28.4 Å². The van der Waals surface area contributed by atoms with Crippen molar-refractivity contribution in [1.82, 2.24) is 10.1 Å². The van der Waals surface area contributed by atoms with Gasteiger partial charge in [-0.3, -0.25) is 4.79 Å². The van der Waals surface area contributed by atoms with Gasteiger partial charge in [0.15, 0.2) is 5.82 Å². The van der Waals surface area contributed by atoms with Gasteiger partial charge in [0, 0.05) is 28.0 Å². The maximum absolute atomic E-state index is 12.1. The third-order valence-corrected chi connectivity index (χ3v) is 3.47. The second-order valence-electron chi connectivity index (χ2n) is 4.99. The maximum Gasteiger partial charge on any atom is 0.258 e. The van der Waals surface area contributed by atoms with E-state index in [1.54, 1.807) is 43.3 Å². The monoisotopic (exact) mass is 362 g/mol. The van der Waals surface area contributed by atoms with E-state index in [1.165, 1.54) is 6.20 Å². The van der Waals surface area contributed by atoms with Crippen LogP contribution in [-0.2, 0) is 0 Å². The molecule has 2 N–H and O–H groups in total. The van der Waals surface area contributed by atoms with Crippen molar-refractivity contribution in [3.63, 3.8) is 0 Å². The van der Waals surface area contributed by atoms with Crippen molar-refractivity contribution in [2.75, 3.05) is 10.6 Å². The Bertz CT molecular complexity index is 858. The molecule has 3 aromatic rings. The molecule has 0 saturated heterocycles. The van der Waals surface area contributed by atoms with Gasteiger partial charge in [0.2, 0.25) is 0 Å². The molecule has 122 valence electrons. The number of aromatic nitrogens is 2. The molecule has 0 aliphatic rings. The molecule has 0 atom stereocenters. The van der Waals surface area contributed by atoms with E-state index in [4.69, 9.17) is 27.7 Å². The van der Waals surface area contributed by atoms with Crippen molar-refractivity contribution in [3.05, 3.63) is 64.0 Å². The highest BCUT2D eigenvalue weighted by molar-refractivity contribution is 6.35. The van der Waals surface area contributed by atoms with E-state index in [2.05, 4.69) is 20.8 Å². The molecule has 2 heterocycles. The van der Waals surface area contributed by atoms with Crippen LogP contribution in [0.4, 0.5) is 17.3 Å². The van der Waals surface area contributed by atoms with E-state index in [1.807, 2.05) is 0 Å². The number of pyridine rings is 1. The van der Waals surface area contributed by atoms with E-state index >= 15 is 0 Å². The average molecular weight is 363 g/mol. The molecule has 0 aliphatic carbocycles. The van der Waals surface area contributed by atoms with Gasteiger partial charge in [-0.05, 0) is 37.3 Å². The number of carbonyl (C=O) groups excluding carboxylic acids is 1. The predicted molar refractivity (Wildman–Crippen MR) is 93.2 cm³/mol. The van der Waals surface area contributed by atoms with Crippen LogP contribution in [0.2, 0.25) is 10.0 Å². The number of benzene rings is 1. The first kappa shape index (κ1) is 16.3. The Kier molecular flexibility index (Phi) is 4.69. The molecular weight excluding hydrogens is 351 g/mol. The van der Waals surface area contributed by atoms with E-state index in [-0.39, 0.29) is 5.91 Å². The van der Waals surface area contributed by atoms with Crippen LogP contribution in [-0.4, -0.2) is 16.0 Å². The SMILES string of the molecule is Cc1cc(NC(=O)c2ccc(Nc3cc(Cl)cc(Cl)c3)nc2)no1. The van der Waals surface area contributed by atoms with Gasteiger partial charge in [0.05, 0.1) is 5.56 Å². The van der Waals surface area contributed by atoms with E-state index in [9.17, 15) is 4.79 Å². The molecule has 3 rings (SSSR count). The van der Waals surface area contributed by atoms with Crippen LogP contribution in [0.5, 0.6) is 0 Å². The highest BCUT2D eigenvalue weighted by Gasteiger charge is 2.09. The Hall–Kier alpha value is -2.57. The number of aryl methyl sites for hydroxylation is 1. The molecule has 0 unspecified atom stereocenters. The number of anilines is 3. The Morgan fingerprint density at radius 1 is 1.08 bits per heavy atom. The lowest BCUT2D eigenvalue weighted by Crippen LogP contribution is -2.12. The zero-order chi connectivity index (χ0) is 17.1. The minimum absolute atomic E-state index is 0.326. The molecule has 2 aromatic heterocycles. The summed E-state index contributed by atoms with van der Waals surface area (Å²) in [6, 6.07) is 10.0. The zero-order valence-corrected chi connectivity index (χ0v) is 14.0. The molecule has 0 spiro atoms. The number of amides is 1. The molecule has 6 nitrogen and oxygen atoms in total. The summed E-state index contributed by atoms with van der Waals surface area (Å²) >= 11 is 11.9. The van der Waals surface area contributed by atoms with Gasteiger partial charge in [-0.15, -0.1) is 0 Å². The first-order valence-corrected chi connectivity index (χ1v) is 7.69. The summed E-state index contributed by atoms with van der Waals surface area (Å²) in [6.45, 7) is 1.74. The standard InChI is InChI=1S/C16H12Cl2N4O2/c1-9-4-15(22-24-9)21-16(23)10-2-3-14(19-8-10)20-13-6-11(17)5-12(18)7-13/h2-8H,1H3,(H,19,20)(H,21,22,23). The van der Waals surface area contributed by atoms with E-state index in [0.29, 0.717) is 38.7 Å². The van der Waals surface area contributed by atoms with Gasteiger partial charge < -0.3 is 15.2 Å². The summed E-state index contributed by atoms with van der Waals surface area (Å²) in [5.41, 5.74) is 1.10. The Morgan fingerprint density at radius 2 is 1.83 bits per heavy atom. The molecule has 8 heteroatoms. The van der Waals surface area contributed by atoms with Gasteiger partial charge in [-0.25, -0.2) is 4.98 Å². The molecule has 24 heavy (non-hydrogen) atoms. The van der Waals surface area contributed by atoms with Crippen molar-refractivity contribution in [1.29, 1.82) is 0 Å². The summed E-state index contributed by atoms with van der Waals surface area (Å²) < 4.78 is 4.89. The fourth-order valence-corrected chi connectivity index (χ4v) is 2.52. The van der Waals surface area contributed by atoms with Gasteiger partial charge in [0.1, 0.15) is 11.6 Å². The summed E-state index contributed by atoms with van der Waals surface area (Å²) in [5.74, 6) is 1.20. The van der Waals surface area contributed by atoms with E-state index < -0.39 is 0 Å². The van der Waals surface area contributed by atoms with Crippen LogP contribution < -0.4 is 10.6 Å². The molecule has 1 amide bonds. The minimum atomic E-state index is -0.326. The molecule has 0 bridgehead atoms. The normalized spacial score (nSPS) is 10.5. The van der Waals surface area contributed by atoms with Crippen LogP contribution >= 0.6 is 23.2 Å². The number of hydrogen-bond donors (Lipinski definition) is 2. The smallest absolute Gasteiger partial charge is 0.258 e. The lowest BCUT2D eigenvalue weighted by Gasteiger charge is -2.07. The number of carbonyl (C=O) groups is 1. The fraction of sp³-hybridized carbons (Fsp3) is 0.0625. The molecule has 0 fully saturated rings. The second-order valence-corrected chi connectivity index (χ2v) is 5.87. The van der Waals surface area contributed by atoms with Gasteiger partial charge >= 0.3 is 0 Å². The topological polar surface area (TPSA) is 80.0 Å². The number of hydrogen-bond acceptors (Lipinski definition) is 5. The summed E-state index contributed by atoms with van der Waals surface area (Å²) in [6.07, 6.45) is 1.46. The minimum Gasteiger partial charge on any atom is -0.360 e.